The van der Waals surface area contributed by atoms with Gasteiger partial charge < -0.3 is 19.1 Å². The molecule has 0 aliphatic heterocycles. The average Bonchev–Trinajstić information content (AvgIpc) is 2.64. The Morgan fingerprint density at radius 3 is 2.13 bits per heavy atom. The van der Waals surface area contributed by atoms with Crippen molar-refractivity contribution < 1.29 is 28.6 Å². The summed E-state index contributed by atoms with van der Waals surface area (Å²) in [7, 11) is 1.57. The Morgan fingerprint density at radius 2 is 1.67 bits per heavy atom. The number of benzene rings is 1. The molecule has 1 rings (SSSR count). The predicted octanol–water partition coefficient (Wildman–Crippen LogP) is 3.51. The Hall–Kier alpha value is -2.83. The largest absolute Gasteiger partial charge is 0.497 e. The Labute approximate surface area is 179 Å². The molecule has 7 nitrogen and oxygen atoms in total. The zero-order valence-electron chi connectivity index (χ0n) is 18.9. The lowest BCUT2D eigenvalue weighted by Crippen LogP contribution is -2.48. The van der Waals surface area contributed by atoms with Crippen molar-refractivity contribution in [2.45, 2.75) is 59.7 Å². The Morgan fingerprint density at radius 1 is 1.07 bits per heavy atom. The number of hydrogen-bond donors (Lipinski definition) is 0. The van der Waals surface area contributed by atoms with Gasteiger partial charge in [-0.05, 0) is 51.3 Å². The van der Waals surface area contributed by atoms with E-state index in [1.165, 1.54) is 4.90 Å². The standard InChI is InChI=1S/C23H33NO6/c1-8-29-22(27)21(16(2)3)24(15-17-9-11-18(28-7)12-10-17)19(25)13-14-20(26)30-23(4,5)6/h9-14,16,21H,8,15H2,1-7H3/b14-13+/t21-/m0/s1. The van der Waals surface area contributed by atoms with Gasteiger partial charge >= 0.3 is 11.9 Å². The van der Waals surface area contributed by atoms with Crippen LogP contribution in [0, 0.1) is 5.92 Å². The summed E-state index contributed by atoms with van der Waals surface area (Å²) in [5.41, 5.74) is 0.142. The van der Waals surface area contributed by atoms with Gasteiger partial charge in [0.05, 0.1) is 13.7 Å². The van der Waals surface area contributed by atoms with Crippen LogP contribution in [-0.2, 0) is 30.4 Å². The maximum absolute atomic E-state index is 13.0. The number of nitrogens with zero attached hydrogens (tertiary/aromatic N) is 1. The first-order valence-electron chi connectivity index (χ1n) is 9.99. The number of esters is 2. The molecule has 0 radical (unpaired) electrons. The third-order valence-corrected chi connectivity index (χ3v) is 4.06. The van der Waals surface area contributed by atoms with E-state index in [0.29, 0.717) is 5.75 Å². The number of ether oxygens (including phenoxy) is 3. The van der Waals surface area contributed by atoms with Gasteiger partial charge in [0.25, 0.3) is 0 Å². The van der Waals surface area contributed by atoms with Gasteiger partial charge in [-0.15, -0.1) is 0 Å². The van der Waals surface area contributed by atoms with Crippen molar-refractivity contribution in [1.29, 1.82) is 0 Å². The molecule has 0 saturated heterocycles. The van der Waals surface area contributed by atoms with Crippen LogP contribution in [0.4, 0.5) is 0 Å². The summed E-state index contributed by atoms with van der Waals surface area (Å²) in [5, 5.41) is 0. The molecule has 0 fully saturated rings. The van der Waals surface area contributed by atoms with Gasteiger partial charge in [0.1, 0.15) is 17.4 Å². The second-order valence-corrected chi connectivity index (χ2v) is 8.12. The summed E-state index contributed by atoms with van der Waals surface area (Å²) in [5.74, 6) is -1.10. The van der Waals surface area contributed by atoms with Gasteiger partial charge in [0.15, 0.2) is 0 Å². The van der Waals surface area contributed by atoms with Crippen LogP contribution in [0.1, 0.15) is 47.1 Å². The van der Waals surface area contributed by atoms with E-state index in [9.17, 15) is 14.4 Å². The van der Waals surface area contributed by atoms with Gasteiger partial charge in [0.2, 0.25) is 5.91 Å². The summed E-state index contributed by atoms with van der Waals surface area (Å²) in [4.78, 5) is 39.0. The van der Waals surface area contributed by atoms with Crippen LogP contribution < -0.4 is 4.74 Å². The number of hydrogen-bond acceptors (Lipinski definition) is 6. The highest BCUT2D eigenvalue weighted by Crippen LogP contribution is 2.19. The van der Waals surface area contributed by atoms with Crippen molar-refractivity contribution in [1.82, 2.24) is 4.90 Å². The molecular weight excluding hydrogens is 386 g/mol. The smallest absolute Gasteiger partial charge is 0.331 e. The van der Waals surface area contributed by atoms with E-state index in [-0.39, 0.29) is 19.1 Å². The fourth-order valence-electron chi connectivity index (χ4n) is 2.80. The summed E-state index contributed by atoms with van der Waals surface area (Å²) < 4.78 is 15.6. The van der Waals surface area contributed by atoms with E-state index in [4.69, 9.17) is 14.2 Å². The summed E-state index contributed by atoms with van der Waals surface area (Å²) in [6, 6.07) is 6.40. The minimum atomic E-state index is -0.803. The Balaban J connectivity index is 3.17. The predicted molar refractivity (Wildman–Crippen MR) is 114 cm³/mol. The molecule has 0 aliphatic carbocycles. The topological polar surface area (TPSA) is 82.1 Å². The van der Waals surface area contributed by atoms with Crippen LogP contribution in [0.25, 0.3) is 0 Å². The highest BCUT2D eigenvalue weighted by Gasteiger charge is 2.33. The molecule has 30 heavy (non-hydrogen) atoms. The van der Waals surface area contributed by atoms with Gasteiger partial charge in [-0.2, -0.15) is 0 Å². The van der Waals surface area contributed by atoms with Crippen molar-refractivity contribution in [2.24, 2.45) is 5.92 Å². The third-order valence-electron chi connectivity index (χ3n) is 4.06. The Kier molecular flexibility index (Phi) is 9.56. The molecule has 0 saturated carbocycles. The maximum atomic E-state index is 13.0. The van der Waals surface area contributed by atoms with Gasteiger partial charge in [0, 0.05) is 18.7 Å². The lowest BCUT2D eigenvalue weighted by molar-refractivity contribution is -0.156. The maximum Gasteiger partial charge on any atom is 0.331 e. The van der Waals surface area contributed by atoms with Crippen molar-refractivity contribution in [3.8, 4) is 5.75 Å². The molecule has 0 unspecified atom stereocenters. The first-order valence-corrected chi connectivity index (χ1v) is 9.99. The summed E-state index contributed by atoms with van der Waals surface area (Å²) >= 11 is 0. The minimum Gasteiger partial charge on any atom is -0.497 e. The van der Waals surface area contributed by atoms with Gasteiger partial charge in [-0.3, -0.25) is 4.79 Å². The molecule has 1 aromatic carbocycles. The van der Waals surface area contributed by atoms with E-state index in [2.05, 4.69) is 0 Å². The van der Waals surface area contributed by atoms with Crippen molar-refractivity contribution in [3.05, 3.63) is 42.0 Å². The van der Waals surface area contributed by atoms with Crippen molar-refractivity contribution in [2.75, 3.05) is 13.7 Å². The molecule has 0 spiro atoms. The number of carbonyl (C=O) groups is 3. The summed E-state index contributed by atoms with van der Waals surface area (Å²) in [6.45, 7) is 11.0. The molecule has 0 bridgehead atoms. The molecular formula is C23H33NO6. The summed E-state index contributed by atoms with van der Waals surface area (Å²) in [6.07, 6.45) is 2.21. The Bertz CT molecular complexity index is 746. The second-order valence-electron chi connectivity index (χ2n) is 8.12. The van der Waals surface area contributed by atoms with Crippen LogP contribution >= 0.6 is 0 Å². The fraction of sp³-hybridized carbons (Fsp3) is 0.522. The number of carbonyl (C=O) groups excluding carboxylic acids is 3. The zero-order valence-corrected chi connectivity index (χ0v) is 18.9. The SMILES string of the molecule is CCOC(=O)[C@H](C(C)C)N(Cc1ccc(OC)cc1)C(=O)/C=C/C(=O)OC(C)(C)C. The molecule has 1 atom stereocenters. The molecule has 0 heterocycles. The first kappa shape index (κ1) is 25.2. The number of amides is 1. The van der Waals surface area contributed by atoms with E-state index in [1.807, 2.05) is 26.0 Å². The molecule has 166 valence electrons. The molecule has 1 amide bonds. The van der Waals surface area contributed by atoms with Gasteiger partial charge in [-0.25, -0.2) is 9.59 Å². The highest BCUT2D eigenvalue weighted by atomic mass is 16.6. The molecule has 1 aromatic rings. The van der Waals surface area contributed by atoms with Crippen molar-refractivity contribution in [3.63, 3.8) is 0 Å². The van der Waals surface area contributed by atoms with Crippen LogP contribution in [0.3, 0.4) is 0 Å². The van der Waals surface area contributed by atoms with E-state index >= 15 is 0 Å². The van der Waals surface area contributed by atoms with Gasteiger partial charge in [-0.1, -0.05) is 26.0 Å². The quantitative estimate of drug-likeness (QED) is 0.450. The molecule has 7 heteroatoms. The molecule has 0 aromatic heterocycles. The minimum absolute atomic E-state index is 0.170. The fourth-order valence-corrected chi connectivity index (χ4v) is 2.80. The average molecular weight is 420 g/mol. The second kappa shape index (κ2) is 11.4. The molecule has 0 aliphatic rings. The van der Waals surface area contributed by atoms with E-state index in [1.54, 1.807) is 46.9 Å². The van der Waals surface area contributed by atoms with Crippen LogP contribution in [-0.4, -0.2) is 48.1 Å². The highest BCUT2D eigenvalue weighted by molar-refractivity contribution is 5.96. The number of rotatable bonds is 9. The van der Waals surface area contributed by atoms with Crippen LogP contribution in [0.5, 0.6) is 5.75 Å². The monoisotopic (exact) mass is 419 g/mol. The third kappa shape index (κ3) is 8.27. The number of methoxy groups -OCH3 is 1. The van der Waals surface area contributed by atoms with Crippen molar-refractivity contribution >= 4 is 17.8 Å². The van der Waals surface area contributed by atoms with Crippen LogP contribution in [0.2, 0.25) is 0 Å². The lowest BCUT2D eigenvalue weighted by Gasteiger charge is -2.32. The molecule has 0 N–H and O–H groups in total. The first-order chi connectivity index (χ1) is 14.0. The lowest BCUT2D eigenvalue weighted by atomic mass is 10.0. The van der Waals surface area contributed by atoms with Crippen LogP contribution in [0.15, 0.2) is 36.4 Å². The zero-order chi connectivity index (χ0) is 22.9. The van der Waals surface area contributed by atoms with E-state index in [0.717, 1.165) is 17.7 Å². The van der Waals surface area contributed by atoms with E-state index < -0.39 is 29.5 Å². The normalized spacial score (nSPS) is 12.5.